The van der Waals surface area contributed by atoms with Crippen molar-refractivity contribution in [1.82, 2.24) is 0 Å². The topological polar surface area (TPSA) is 18.5 Å². The van der Waals surface area contributed by atoms with Gasteiger partial charge in [-0.2, -0.15) is 0 Å². The summed E-state index contributed by atoms with van der Waals surface area (Å²) < 4.78 is 13.0. The highest BCUT2D eigenvalue weighted by Gasteiger charge is 2.53. The molecule has 3 aliphatic rings. The largest absolute Gasteiger partial charge is 0.495 e. The fourth-order valence-corrected chi connectivity index (χ4v) is 8.01. The summed E-state index contributed by atoms with van der Waals surface area (Å²) >= 11 is 0. The molecular formula is C41H33BO2. The number of fused-ring (bicyclic) bond motifs is 11. The summed E-state index contributed by atoms with van der Waals surface area (Å²) in [6.07, 6.45) is 0. The van der Waals surface area contributed by atoms with Crippen molar-refractivity contribution in [1.29, 1.82) is 0 Å². The van der Waals surface area contributed by atoms with E-state index in [9.17, 15) is 0 Å². The van der Waals surface area contributed by atoms with Gasteiger partial charge >= 0.3 is 7.12 Å². The summed E-state index contributed by atoms with van der Waals surface area (Å²) in [4.78, 5) is 0. The Bertz CT molecular complexity index is 2080. The van der Waals surface area contributed by atoms with Crippen molar-refractivity contribution >= 4 is 23.4 Å². The summed E-state index contributed by atoms with van der Waals surface area (Å²) in [5.74, 6) is 0. The third kappa shape index (κ3) is 3.24. The van der Waals surface area contributed by atoms with Gasteiger partial charge in [-0.3, -0.25) is 0 Å². The van der Waals surface area contributed by atoms with Gasteiger partial charge in [-0.15, -0.1) is 0 Å². The molecule has 9 rings (SSSR count). The molecule has 0 N–H and O–H groups in total. The Labute approximate surface area is 259 Å². The molecule has 0 unspecified atom stereocenters. The Hall–Kier alpha value is -4.44. The average Bonchev–Trinajstić information content (AvgIpc) is 3.59. The molecule has 0 aromatic heterocycles. The summed E-state index contributed by atoms with van der Waals surface area (Å²) in [5.41, 5.74) is 13.1. The first-order chi connectivity index (χ1) is 21.3. The normalized spacial score (nSPS) is 17.9. The van der Waals surface area contributed by atoms with E-state index < -0.39 is 18.3 Å². The third-order valence-corrected chi connectivity index (χ3v) is 10.8. The van der Waals surface area contributed by atoms with Crippen molar-refractivity contribution < 1.29 is 9.31 Å². The van der Waals surface area contributed by atoms with E-state index in [1.807, 2.05) is 0 Å². The average molecular weight is 569 g/mol. The maximum atomic E-state index is 6.51. The lowest BCUT2D eigenvalue weighted by atomic mass is 9.70. The van der Waals surface area contributed by atoms with Crippen LogP contribution in [0.25, 0.3) is 44.2 Å². The molecule has 212 valence electrons. The highest BCUT2D eigenvalue weighted by molar-refractivity contribution is 6.65. The van der Waals surface area contributed by atoms with Gasteiger partial charge in [0.2, 0.25) is 0 Å². The Morgan fingerprint density at radius 3 is 1.45 bits per heavy atom. The highest BCUT2D eigenvalue weighted by Crippen LogP contribution is 2.63. The first-order valence-corrected chi connectivity index (χ1v) is 15.6. The fourth-order valence-electron chi connectivity index (χ4n) is 8.01. The Morgan fingerprint density at radius 1 is 0.432 bits per heavy atom. The molecule has 1 fully saturated rings. The van der Waals surface area contributed by atoms with Crippen LogP contribution in [0.3, 0.4) is 0 Å². The van der Waals surface area contributed by atoms with E-state index in [0.29, 0.717) is 0 Å². The summed E-state index contributed by atoms with van der Waals surface area (Å²) in [6.45, 7) is 8.45. The van der Waals surface area contributed by atoms with Gasteiger partial charge in [-0.25, -0.2) is 0 Å². The van der Waals surface area contributed by atoms with Crippen LogP contribution in [-0.4, -0.2) is 18.3 Å². The highest BCUT2D eigenvalue weighted by atomic mass is 16.7. The van der Waals surface area contributed by atoms with Crippen molar-refractivity contribution in [2.24, 2.45) is 0 Å². The van der Waals surface area contributed by atoms with Crippen molar-refractivity contribution in [2.75, 3.05) is 0 Å². The molecule has 3 heteroatoms. The molecule has 0 atom stereocenters. The first-order valence-electron chi connectivity index (χ1n) is 15.6. The summed E-state index contributed by atoms with van der Waals surface area (Å²) in [7, 11) is -0.414. The lowest BCUT2D eigenvalue weighted by Crippen LogP contribution is -2.41. The van der Waals surface area contributed by atoms with Gasteiger partial charge in [-0.1, -0.05) is 121 Å². The van der Waals surface area contributed by atoms with E-state index in [1.54, 1.807) is 0 Å². The molecule has 0 bridgehead atoms. The van der Waals surface area contributed by atoms with Crippen LogP contribution >= 0.6 is 0 Å². The van der Waals surface area contributed by atoms with Gasteiger partial charge < -0.3 is 9.31 Å². The molecule has 0 saturated carbocycles. The maximum absolute atomic E-state index is 6.51. The zero-order chi connectivity index (χ0) is 29.8. The standard InChI is InChI=1S/C41H33BO2/c1-39(2)40(3,4)44-42(43-39)38-24-23-27(28-13-5-6-17-33(28)38)26-21-22-32-31-16-9-12-20-36(31)41(37(32)25-26)34-18-10-7-14-29(34)30-15-8-11-19-35(30)41/h5-25H,1-4H3. The molecule has 44 heavy (non-hydrogen) atoms. The monoisotopic (exact) mass is 568 g/mol. The third-order valence-electron chi connectivity index (χ3n) is 10.8. The second kappa shape index (κ2) is 8.82. The van der Waals surface area contributed by atoms with Gasteiger partial charge in [0.15, 0.2) is 0 Å². The van der Waals surface area contributed by atoms with E-state index in [4.69, 9.17) is 9.31 Å². The van der Waals surface area contributed by atoms with E-state index in [0.717, 1.165) is 5.46 Å². The summed E-state index contributed by atoms with van der Waals surface area (Å²) in [6, 6.07) is 47.2. The SMILES string of the molecule is CC1(C)OB(c2ccc(-c3ccc4c(c3)C3(c5ccccc5-c5ccccc53)c3ccccc3-4)c3ccccc23)OC1(C)C. The van der Waals surface area contributed by atoms with E-state index in [-0.39, 0.29) is 5.41 Å². The van der Waals surface area contributed by atoms with Crippen LogP contribution in [0.5, 0.6) is 0 Å². The number of rotatable bonds is 2. The van der Waals surface area contributed by atoms with Crippen molar-refractivity contribution in [3.63, 3.8) is 0 Å². The van der Waals surface area contributed by atoms with Gasteiger partial charge in [0.05, 0.1) is 16.6 Å². The number of hydrogen-bond acceptors (Lipinski definition) is 2. The minimum Gasteiger partial charge on any atom is -0.399 e. The quantitative estimate of drug-likeness (QED) is 0.194. The van der Waals surface area contributed by atoms with Crippen molar-refractivity contribution in [2.45, 2.75) is 44.3 Å². The van der Waals surface area contributed by atoms with Crippen molar-refractivity contribution in [3.05, 3.63) is 150 Å². The van der Waals surface area contributed by atoms with Crippen LogP contribution in [0.4, 0.5) is 0 Å². The van der Waals surface area contributed by atoms with Gasteiger partial charge in [-0.05, 0) is 106 Å². The predicted octanol–water partition coefficient (Wildman–Crippen LogP) is 9.15. The van der Waals surface area contributed by atoms with E-state index in [1.165, 1.54) is 66.4 Å². The Balaban J connectivity index is 1.28. The van der Waals surface area contributed by atoms with Crippen LogP contribution in [-0.2, 0) is 14.7 Å². The van der Waals surface area contributed by atoms with Crippen LogP contribution < -0.4 is 5.46 Å². The molecule has 6 aromatic carbocycles. The number of hydrogen-bond donors (Lipinski definition) is 0. The molecule has 0 radical (unpaired) electrons. The molecule has 2 aliphatic carbocycles. The van der Waals surface area contributed by atoms with Crippen LogP contribution in [0.15, 0.2) is 127 Å². The van der Waals surface area contributed by atoms with Crippen LogP contribution in [0.2, 0.25) is 0 Å². The van der Waals surface area contributed by atoms with Gasteiger partial charge in [0.1, 0.15) is 0 Å². The van der Waals surface area contributed by atoms with E-state index in [2.05, 4.69) is 155 Å². The zero-order valence-corrected chi connectivity index (χ0v) is 25.5. The Morgan fingerprint density at radius 2 is 0.886 bits per heavy atom. The second-order valence-electron chi connectivity index (χ2n) is 13.5. The fraction of sp³-hybridized carbons (Fsp3) is 0.171. The van der Waals surface area contributed by atoms with Gasteiger partial charge in [0, 0.05) is 0 Å². The smallest absolute Gasteiger partial charge is 0.399 e. The molecule has 2 nitrogen and oxygen atoms in total. The molecular weight excluding hydrogens is 535 g/mol. The summed E-state index contributed by atoms with van der Waals surface area (Å²) in [5, 5.41) is 2.37. The zero-order valence-electron chi connectivity index (χ0n) is 25.5. The minimum atomic E-state index is -0.414. The second-order valence-corrected chi connectivity index (χ2v) is 13.5. The maximum Gasteiger partial charge on any atom is 0.495 e. The van der Waals surface area contributed by atoms with E-state index >= 15 is 0 Å². The lowest BCUT2D eigenvalue weighted by molar-refractivity contribution is 0.00578. The predicted molar refractivity (Wildman–Crippen MR) is 181 cm³/mol. The molecule has 1 heterocycles. The molecule has 1 saturated heterocycles. The van der Waals surface area contributed by atoms with Gasteiger partial charge in [0.25, 0.3) is 0 Å². The Kier molecular flexibility index (Phi) is 5.21. The lowest BCUT2D eigenvalue weighted by Gasteiger charge is -2.32. The molecule has 1 spiro atoms. The first kappa shape index (κ1) is 26.0. The molecule has 1 aliphatic heterocycles. The molecule has 0 amide bonds. The van der Waals surface area contributed by atoms with Crippen molar-refractivity contribution in [3.8, 4) is 33.4 Å². The molecule has 6 aromatic rings. The minimum absolute atomic E-state index is 0.354. The van der Waals surface area contributed by atoms with Crippen LogP contribution in [0.1, 0.15) is 49.9 Å². The number of benzene rings is 6. The van der Waals surface area contributed by atoms with Crippen LogP contribution in [0, 0.1) is 0 Å².